The predicted molar refractivity (Wildman–Crippen MR) is 213 cm³/mol. The third kappa shape index (κ3) is 15.3. The number of nitrogens with zero attached hydrogens (tertiary/aromatic N) is 2. The van der Waals surface area contributed by atoms with Crippen LogP contribution in [0.15, 0.2) is 54.6 Å². The van der Waals surface area contributed by atoms with E-state index in [2.05, 4.69) is 10.6 Å². The van der Waals surface area contributed by atoms with E-state index in [4.69, 9.17) is 28.4 Å². The highest BCUT2D eigenvalue weighted by molar-refractivity contribution is 6.01. The van der Waals surface area contributed by atoms with Crippen molar-refractivity contribution in [2.45, 2.75) is 47.8 Å². The summed E-state index contributed by atoms with van der Waals surface area (Å²) in [5, 5.41) is 25.0. The number of carboxylic acids is 1. The highest BCUT2D eigenvalue weighted by Gasteiger charge is 2.27. The summed E-state index contributed by atoms with van der Waals surface area (Å²) in [7, 11) is 0. The second-order valence-corrected chi connectivity index (χ2v) is 13.1. The van der Waals surface area contributed by atoms with Gasteiger partial charge in [-0.15, -0.1) is 0 Å². The molecule has 0 saturated carbocycles. The summed E-state index contributed by atoms with van der Waals surface area (Å²) in [5.41, 5.74) is -0.542. The molecule has 3 amide bonds. The van der Waals surface area contributed by atoms with Crippen molar-refractivity contribution in [1.82, 2.24) is 20.4 Å². The van der Waals surface area contributed by atoms with Gasteiger partial charge in [0.25, 0.3) is 17.7 Å². The Morgan fingerprint density at radius 3 is 1.34 bits per heavy atom. The Hall–Kier alpha value is -7.39. The predicted octanol–water partition coefficient (Wildman–Crippen LogP) is 1.72. The molecule has 0 bridgehead atoms. The molecule has 0 aliphatic carbocycles. The summed E-state index contributed by atoms with van der Waals surface area (Å²) >= 11 is 0. The normalized spacial score (nSPS) is 11.0. The number of aliphatic carboxylic acids is 1. The fraction of sp³-hybridized carbons (Fsp3) is 0.341. The lowest BCUT2D eigenvalue weighted by atomic mass is 10.1. The fourth-order valence-corrected chi connectivity index (χ4v) is 5.60. The van der Waals surface area contributed by atoms with Crippen molar-refractivity contribution in [2.75, 3.05) is 45.8 Å². The van der Waals surface area contributed by atoms with Crippen molar-refractivity contribution in [3.63, 3.8) is 0 Å². The number of aliphatic hydroxyl groups is 1. The molecule has 1 unspecified atom stereocenters. The second-order valence-electron chi connectivity index (χ2n) is 13.1. The number of carbonyl (C=O) groups excluding carboxylic acids is 8. The van der Waals surface area contributed by atoms with Crippen molar-refractivity contribution in [3.05, 3.63) is 71.3 Å². The molecule has 0 spiro atoms. The molecule has 62 heavy (non-hydrogen) atoms. The van der Waals surface area contributed by atoms with Gasteiger partial charge in [-0.2, -0.15) is 0 Å². The highest BCUT2D eigenvalue weighted by Crippen LogP contribution is 2.34. The molecule has 0 heterocycles. The fourth-order valence-electron chi connectivity index (χ4n) is 5.60. The van der Waals surface area contributed by atoms with Crippen molar-refractivity contribution in [2.24, 2.45) is 0 Å². The smallest absolute Gasteiger partial charge is 0.323 e. The number of ether oxygens (including phenoxy) is 6. The first-order valence-corrected chi connectivity index (χ1v) is 18.7. The topological polar surface area (TPSA) is 280 Å². The first-order valence-electron chi connectivity index (χ1n) is 18.7. The Morgan fingerprint density at radius 1 is 0.548 bits per heavy atom. The number of nitrogens with one attached hydrogen (secondary N) is 2. The van der Waals surface area contributed by atoms with Gasteiger partial charge in [-0.25, -0.2) is 0 Å². The van der Waals surface area contributed by atoms with E-state index < -0.39 is 72.1 Å². The molecule has 3 aromatic carbocycles. The minimum Gasteiger partial charge on any atom is -0.480 e. The van der Waals surface area contributed by atoms with Crippen LogP contribution in [0.2, 0.25) is 0 Å². The molecule has 3 aromatic rings. The summed E-state index contributed by atoms with van der Waals surface area (Å²) < 4.78 is 31.2. The number of carboxylic acid groups (broad SMARTS) is 1. The van der Waals surface area contributed by atoms with Crippen LogP contribution in [-0.4, -0.2) is 126 Å². The minimum atomic E-state index is -1.40. The summed E-state index contributed by atoms with van der Waals surface area (Å²) in [4.78, 5) is 114. The van der Waals surface area contributed by atoms with Gasteiger partial charge in [0, 0.05) is 73.9 Å². The van der Waals surface area contributed by atoms with Gasteiger partial charge in [-0.1, -0.05) is 18.2 Å². The number of amides is 3. The molecule has 1 atom stereocenters. The quantitative estimate of drug-likeness (QED) is 0.0674. The van der Waals surface area contributed by atoms with Crippen molar-refractivity contribution < 1.29 is 81.8 Å². The van der Waals surface area contributed by atoms with Gasteiger partial charge >= 0.3 is 35.8 Å². The molecule has 21 heteroatoms. The molecule has 0 aromatic heterocycles. The molecule has 3 rings (SSSR count). The number of esters is 5. The maximum atomic E-state index is 13.9. The van der Waals surface area contributed by atoms with Crippen molar-refractivity contribution in [1.29, 1.82) is 0 Å². The number of rotatable bonds is 21. The lowest BCUT2D eigenvalue weighted by Gasteiger charge is -2.28. The van der Waals surface area contributed by atoms with E-state index >= 15 is 0 Å². The Morgan fingerprint density at radius 2 is 0.935 bits per heavy atom. The average molecular weight is 867 g/mol. The highest BCUT2D eigenvalue weighted by atomic mass is 16.6. The zero-order valence-electron chi connectivity index (χ0n) is 34.6. The Bertz CT molecular complexity index is 2190. The van der Waals surface area contributed by atoms with E-state index in [0.717, 1.165) is 39.5 Å². The number of para-hydroxylation sites is 3. The number of hydrogen-bond donors (Lipinski definition) is 4. The van der Waals surface area contributed by atoms with E-state index in [1.807, 2.05) is 0 Å². The first kappa shape index (κ1) is 49.0. The lowest BCUT2D eigenvalue weighted by Crippen LogP contribution is -2.45. The number of benzene rings is 3. The SMILES string of the molecule is CC(=O)Oc1cccc(C(=O)NCCN(CCNC(=O)c2cccc(OC(C)=O)c2OC(C)O)CCN(CC(=O)O)C(=O)c2cccc(OC(C)=O)c2OC(C)=O)c1OC(C)=O. The van der Waals surface area contributed by atoms with Gasteiger partial charge in [0.15, 0.2) is 40.8 Å². The zero-order chi connectivity index (χ0) is 46.1. The van der Waals surface area contributed by atoms with Gasteiger partial charge < -0.3 is 54.2 Å². The first-order chi connectivity index (χ1) is 29.3. The molecule has 0 aliphatic rings. The van der Waals surface area contributed by atoms with E-state index in [1.165, 1.54) is 61.5 Å². The largest absolute Gasteiger partial charge is 0.480 e. The van der Waals surface area contributed by atoms with Crippen LogP contribution in [0.1, 0.15) is 72.6 Å². The molecule has 0 saturated heterocycles. The van der Waals surface area contributed by atoms with Crippen LogP contribution in [0.4, 0.5) is 0 Å². The van der Waals surface area contributed by atoms with Crippen LogP contribution >= 0.6 is 0 Å². The van der Waals surface area contributed by atoms with Gasteiger partial charge in [-0.05, 0) is 43.3 Å². The average Bonchev–Trinajstić information content (AvgIpc) is 3.16. The zero-order valence-corrected chi connectivity index (χ0v) is 34.6. The van der Waals surface area contributed by atoms with E-state index in [1.54, 1.807) is 4.90 Å². The van der Waals surface area contributed by atoms with Crippen LogP contribution in [0.3, 0.4) is 0 Å². The maximum absolute atomic E-state index is 13.9. The molecule has 21 nitrogen and oxygen atoms in total. The molecule has 4 N–H and O–H groups in total. The molecule has 0 radical (unpaired) electrons. The summed E-state index contributed by atoms with van der Waals surface area (Å²) in [6.45, 7) is 5.34. The summed E-state index contributed by atoms with van der Waals surface area (Å²) in [6, 6.07) is 12.1. The Balaban J connectivity index is 1.92. The van der Waals surface area contributed by atoms with E-state index in [-0.39, 0.29) is 84.7 Å². The van der Waals surface area contributed by atoms with Gasteiger partial charge in [0.1, 0.15) is 6.54 Å². The Kier molecular flexibility index (Phi) is 18.5. The van der Waals surface area contributed by atoms with Crippen molar-refractivity contribution in [3.8, 4) is 34.5 Å². The van der Waals surface area contributed by atoms with Crippen LogP contribution in [0, 0.1) is 0 Å². The van der Waals surface area contributed by atoms with Crippen LogP contribution < -0.4 is 39.1 Å². The monoisotopic (exact) mass is 866 g/mol. The molecule has 332 valence electrons. The van der Waals surface area contributed by atoms with Crippen LogP contribution in [0.25, 0.3) is 0 Å². The number of hydrogen-bond acceptors (Lipinski definition) is 17. The minimum absolute atomic E-state index is 0.00219. The van der Waals surface area contributed by atoms with E-state index in [9.17, 15) is 53.4 Å². The standard InChI is InChI=1S/C41H46N4O17/c1-23(46)57-32-13-7-10-29(36(32)60-26(4)49)39(54)42-16-18-44(19-17-43-40(55)30-11-8-14-33(58-24(2)47)37(30)61-27(5)50)20-21-45(22-35(52)53)41(56)31-12-9-15-34(59-25(3)48)38(31)62-28(6)51/h7-15,26,49H,16-22H2,1-6H3,(H,42,54)(H,43,55)(H,52,53). The molecular weight excluding hydrogens is 820 g/mol. The Labute approximate surface area is 354 Å². The summed E-state index contributed by atoms with van der Waals surface area (Å²) in [6.07, 6.45) is -1.40. The number of aliphatic hydroxyl groups excluding tert-OH is 1. The molecule has 0 aliphatic heterocycles. The van der Waals surface area contributed by atoms with Gasteiger partial charge in [0.2, 0.25) is 0 Å². The molecular formula is C41H46N4O17. The second kappa shape index (κ2) is 23.4. The van der Waals surface area contributed by atoms with Crippen molar-refractivity contribution >= 4 is 53.5 Å². The third-order valence-corrected chi connectivity index (χ3v) is 7.92. The summed E-state index contributed by atoms with van der Waals surface area (Å²) in [5.74, 6) is -9.18. The molecule has 0 fully saturated rings. The lowest BCUT2D eigenvalue weighted by molar-refractivity contribution is -0.138. The van der Waals surface area contributed by atoms with E-state index in [0.29, 0.717) is 0 Å². The third-order valence-electron chi connectivity index (χ3n) is 7.92. The van der Waals surface area contributed by atoms with Gasteiger partial charge in [0.05, 0.1) is 16.7 Å². The maximum Gasteiger partial charge on any atom is 0.323 e. The van der Waals surface area contributed by atoms with Crippen LogP contribution in [-0.2, 0) is 28.8 Å². The van der Waals surface area contributed by atoms with Gasteiger partial charge in [-0.3, -0.25) is 48.1 Å². The number of carbonyl (C=O) groups is 9. The van der Waals surface area contributed by atoms with Crippen LogP contribution in [0.5, 0.6) is 34.5 Å².